The van der Waals surface area contributed by atoms with E-state index in [1.54, 1.807) is 42.9 Å². The van der Waals surface area contributed by atoms with Gasteiger partial charge < -0.3 is 10.1 Å². The third-order valence-corrected chi connectivity index (χ3v) is 5.25. The monoisotopic (exact) mass is 421 g/mol. The molecule has 30 heavy (non-hydrogen) atoms. The van der Waals surface area contributed by atoms with Crippen molar-refractivity contribution in [2.75, 3.05) is 11.9 Å². The molecule has 1 N–H and O–H groups in total. The molecule has 7 heteroatoms. The number of fused-ring (bicyclic) bond motifs is 1. The third-order valence-electron chi connectivity index (χ3n) is 4.95. The number of carbonyl (C=O) groups excluding carboxylic acids is 1. The number of nitrogens with one attached hydrogen (secondary N) is 1. The second-order valence-electron chi connectivity index (χ2n) is 6.95. The number of halogens is 1. The summed E-state index contributed by atoms with van der Waals surface area (Å²) in [5.74, 6) is 0.117. The zero-order valence-electron chi connectivity index (χ0n) is 16.6. The Bertz CT molecular complexity index is 1290. The summed E-state index contributed by atoms with van der Waals surface area (Å²) in [5.41, 5.74) is 4.02. The van der Waals surface area contributed by atoms with Crippen molar-refractivity contribution in [1.82, 2.24) is 9.13 Å². The predicted molar refractivity (Wildman–Crippen MR) is 119 cm³/mol. The lowest BCUT2D eigenvalue weighted by atomic mass is 10.1. The lowest BCUT2D eigenvalue weighted by molar-refractivity contribution is -0.118. The number of benzene rings is 3. The average Bonchev–Trinajstić information content (AvgIpc) is 2.97. The van der Waals surface area contributed by atoms with Gasteiger partial charge in [0.15, 0.2) is 6.61 Å². The van der Waals surface area contributed by atoms with Gasteiger partial charge in [0.1, 0.15) is 5.75 Å². The molecule has 4 rings (SSSR count). The molecular weight excluding hydrogens is 402 g/mol. The number of nitrogens with zero attached hydrogens (tertiary/aromatic N) is 2. The summed E-state index contributed by atoms with van der Waals surface area (Å²) < 4.78 is 8.69. The lowest BCUT2D eigenvalue weighted by Crippen LogP contribution is -2.20. The zero-order chi connectivity index (χ0) is 21.3. The van der Waals surface area contributed by atoms with Crippen LogP contribution in [0.4, 0.5) is 5.69 Å². The first kappa shape index (κ1) is 19.8. The molecule has 4 aromatic rings. The summed E-state index contributed by atoms with van der Waals surface area (Å²) in [6.45, 7) is -0.184. The Labute approximate surface area is 178 Å². The molecule has 0 unspecified atom stereocenters. The highest BCUT2D eigenvalue weighted by molar-refractivity contribution is 6.32. The SMILES string of the molecule is Cn1c(=O)n(C)c2cc(NC(=O)COc3ccc(-c4ccccc4)cc3Cl)ccc21. The highest BCUT2D eigenvalue weighted by Gasteiger charge is 2.11. The van der Waals surface area contributed by atoms with E-state index in [2.05, 4.69) is 5.32 Å². The van der Waals surface area contributed by atoms with Gasteiger partial charge in [0, 0.05) is 19.8 Å². The van der Waals surface area contributed by atoms with Gasteiger partial charge in [-0.1, -0.05) is 48.0 Å². The molecule has 0 spiro atoms. The maximum atomic E-state index is 12.3. The van der Waals surface area contributed by atoms with E-state index in [4.69, 9.17) is 16.3 Å². The van der Waals surface area contributed by atoms with E-state index in [1.807, 2.05) is 42.5 Å². The molecule has 0 saturated heterocycles. The lowest BCUT2D eigenvalue weighted by Gasteiger charge is -2.10. The summed E-state index contributed by atoms with van der Waals surface area (Å²) in [4.78, 5) is 24.4. The van der Waals surface area contributed by atoms with Crippen LogP contribution in [0.25, 0.3) is 22.2 Å². The van der Waals surface area contributed by atoms with E-state index in [1.165, 1.54) is 4.57 Å². The van der Waals surface area contributed by atoms with Gasteiger partial charge in [-0.25, -0.2) is 4.79 Å². The molecule has 0 aliphatic carbocycles. The summed E-state index contributed by atoms with van der Waals surface area (Å²) in [6.07, 6.45) is 0. The second-order valence-corrected chi connectivity index (χ2v) is 7.36. The molecule has 0 aliphatic heterocycles. The van der Waals surface area contributed by atoms with E-state index in [9.17, 15) is 9.59 Å². The number of hydrogen-bond acceptors (Lipinski definition) is 3. The van der Waals surface area contributed by atoms with Crippen LogP contribution in [0.1, 0.15) is 0 Å². The van der Waals surface area contributed by atoms with E-state index < -0.39 is 0 Å². The van der Waals surface area contributed by atoms with Crippen LogP contribution in [0.5, 0.6) is 5.75 Å². The second kappa shape index (κ2) is 8.08. The minimum atomic E-state index is -0.321. The molecule has 0 bridgehead atoms. The van der Waals surface area contributed by atoms with Crippen LogP contribution < -0.4 is 15.7 Å². The number of anilines is 1. The molecule has 0 fully saturated rings. The molecule has 152 valence electrons. The first-order chi connectivity index (χ1) is 14.4. The van der Waals surface area contributed by atoms with Crippen LogP contribution in [0, 0.1) is 0 Å². The number of amides is 1. The molecular formula is C23H20ClN3O3. The minimum absolute atomic E-state index is 0.120. The number of aromatic nitrogens is 2. The fourth-order valence-electron chi connectivity index (χ4n) is 3.35. The largest absolute Gasteiger partial charge is 0.482 e. The van der Waals surface area contributed by atoms with E-state index in [0.29, 0.717) is 16.5 Å². The van der Waals surface area contributed by atoms with Crippen LogP contribution in [0.15, 0.2) is 71.5 Å². The van der Waals surface area contributed by atoms with Crippen LogP contribution in [0.3, 0.4) is 0 Å². The molecule has 0 saturated carbocycles. The Morgan fingerprint density at radius 3 is 2.40 bits per heavy atom. The van der Waals surface area contributed by atoms with Gasteiger partial charge in [0.2, 0.25) is 0 Å². The maximum Gasteiger partial charge on any atom is 0.328 e. The standard InChI is InChI=1S/C23H20ClN3O3/c1-26-19-10-9-17(13-20(19)27(2)23(26)29)25-22(28)14-30-21-11-8-16(12-18(21)24)15-6-4-3-5-7-15/h3-13H,14H2,1-2H3,(H,25,28). The zero-order valence-corrected chi connectivity index (χ0v) is 17.3. The first-order valence-corrected chi connectivity index (χ1v) is 9.75. The highest BCUT2D eigenvalue weighted by atomic mass is 35.5. The summed E-state index contributed by atoms with van der Waals surface area (Å²) in [5, 5.41) is 3.22. The quantitative estimate of drug-likeness (QED) is 0.524. The predicted octanol–water partition coefficient (Wildman–Crippen LogP) is 4.21. The van der Waals surface area contributed by atoms with Crippen molar-refractivity contribution >= 4 is 34.2 Å². The van der Waals surface area contributed by atoms with Gasteiger partial charge in [-0.15, -0.1) is 0 Å². The van der Waals surface area contributed by atoms with Crippen molar-refractivity contribution in [1.29, 1.82) is 0 Å². The molecule has 0 radical (unpaired) electrons. The average molecular weight is 422 g/mol. The fraction of sp³-hybridized carbons (Fsp3) is 0.130. The first-order valence-electron chi connectivity index (χ1n) is 9.37. The van der Waals surface area contributed by atoms with Gasteiger partial charge >= 0.3 is 5.69 Å². The summed E-state index contributed by atoms with van der Waals surface area (Å²) >= 11 is 6.33. The number of ether oxygens (including phenoxy) is 1. The van der Waals surface area contributed by atoms with Gasteiger partial charge in [-0.2, -0.15) is 0 Å². The number of hydrogen-bond donors (Lipinski definition) is 1. The third kappa shape index (κ3) is 3.82. The Morgan fingerprint density at radius 2 is 1.67 bits per heavy atom. The normalized spacial score (nSPS) is 10.9. The molecule has 0 atom stereocenters. The number of rotatable bonds is 5. The maximum absolute atomic E-state index is 12.3. The van der Waals surface area contributed by atoms with Crippen molar-refractivity contribution in [3.8, 4) is 16.9 Å². The molecule has 6 nitrogen and oxygen atoms in total. The van der Waals surface area contributed by atoms with Crippen LogP contribution >= 0.6 is 11.6 Å². The Morgan fingerprint density at radius 1 is 0.933 bits per heavy atom. The smallest absolute Gasteiger partial charge is 0.328 e. The van der Waals surface area contributed by atoms with Gasteiger partial charge in [0.25, 0.3) is 5.91 Å². The fourth-order valence-corrected chi connectivity index (χ4v) is 3.59. The number of carbonyl (C=O) groups is 1. The van der Waals surface area contributed by atoms with Crippen LogP contribution in [-0.2, 0) is 18.9 Å². The van der Waals surface area contributed by atoms with Crippen molar-refractivity contribution < 1.29 is 9.53 Å². The van der Waals surface area contributed by atoms with Gasteiger partial charge in [0.05, 0.1) is 16.1 Å². The Hall–Kier alpha value is -3.51. The van der Waals surface area contributed by atoms with E-state index in [0.717, 1.165) is 22.2 Å². The number of aryl methyl sites for hydroxylation is 2. The van der Waals surface area contributed by atoms with E-state index >= 15 is 0 Å². The highest BCUT2D eigenvalue weighted by Crippen LogP contribution is 2.30. The number of imidazole rings is 1. The molecule has 1 heterocycles. The Kier molecular flexibility index (Phi) is 5.33. The van der Waals surface area contributed by atoms with Crippen LogP contribution in [-0.4, -0.2) is 21.6 Å². The van der Waals surface area contributed by atoms with E-state index in [-0.39, 0.29) is 18.2 Å². The van der Waals surface area contributed by atoms with Gasteiger partial charge in [-0.3, -0.25) is 13.9 Å². The summed E-state index contributed by atoms with van der Waals surface area (Å²) in [7, 11) is 3.41. The van der Waals surface area contributed by atoms with Crippen LogP contribution in [0.2, 0.25) is 5.02 Å². The topological polar surface area (TPSA) is 65.3 Å². The molecule has 1 aromatic heterocycles. The van der Waals surface area contributed by atoms with Gasteiger partial charge in [-0.05, 0) is 41.5 Å². The molecule has 1 amide bonds. The van der Waals surface area contributed by atoms with Crippen molar-refractivity contribution in [2.24, 2.45) is 14.1 Å². The molecule has 3 aromatic carbocycles. The van der Waals surface area contributed by atoms with Crippen molar-refractivity contribution in [3.63, 3.8) is 0 Å². The molecule has 0 aliphatic rings. The minimum Gasteiger partial charge on any atom is -0.482 e. The Balaban J connectivity index is 1.43. The summed E-state index contributed by atoms with van der Waals surface area (Å²) in [6, 6.07) is 20.7. The van der Waals surface area contributed by atoms with Crippen molar-refractivity contribution in [3.05, 3.63) is 82.2 Å². The van der Waals surface area contributed by atoms with Crippen molar-refractivity contribution in [2.45, 2.75) is 0 Å².